The first kappa shape index (κ1) is 11.6. The van der Waals surface area contributed by atoms with Gasteiger partial charge in [-0.05, 0) is 28.1 Å². The van der Waals surface area contributed by atoms with Gasteiger partial charge in [0.25, 0.3) is 5.56 Å². The van der Waals surface area contributed by atoms with Crippen LogP contribution in [0.5, 0.6) is 0 Å². The molecule has 18 heavy (non-hydrogen) atoms. The van der Waals surface area contributed by atoms with Crippen LogP contribution in [0.4, 0.5) is 0 Å². The molecule has 3 rings (SSSR count). The van der Waals surface area contributed by atoms with E-state index in [9.17, 15) is 4.79 Å². The smallest absolute Gasteiger partial charge is 0.264 e. The maximum Gasteiger partial charge on any atom is 0.264 e. The molecule has 0 spiro atoms. The molecule has 92 valence electrons. The Morgan fingerprint density at radius 3 is 3.00 bits per heavy atom. The van der Waals surface area contributed by atoms with Gasteiger partial charge in [-0.2, -0.15) is 5.10 Å². The van der Waals surface area contributed by atoms with E-state index < -0.39 is 0 Å². The van der Waals surface area contributed by atoms with Crippen molar-refractivity contribution in [2.75, 3.05) is 0 Å². The maximum absolute atomic E-state index is 12.2. The van der Waals surface area contributed by atoms with Gasteiger partial charge in [-0.1, -0.05) is 0 Å². The highest BCUT2D eigenvalue weighted by Crippen LogP contribution is 2.22. The van der Waals surface area contributed by atoms with E-state index in [2.05, 4.69) is 26.0 Å². The third kappa shape index (κ3) is 1.89. The van der Waals surface area contributed by atoms with E-state index in [0.29, 0.717) is 17.6 Å². The molecule has 0 bridgehead atoms. The Balaban J connectivity index is 2.07. The van der Waals surface area contributed by atoms with Crippen molar-refractivity contribution in [2.24, 2.45) is 7.05 Å². The van der Waals surface area contributed by atoms with Crippen LogP contribution in [0.1, 0.15) is 4.88 Å². The molecule has 0 aliphatic rings. The lowest BCUT2D eigenvalue weighted by Gasteiger charge is -2.02. The second kappa shape index (κ2) is 4.33. The number of nitrogens with zero attached hydrogens (tertiary/aromatic N) is 4. The van der Waals surface area contributed by atoms with Gasteiger partial charge in [0.15, 0.2) is 5.65 Å². The Hall–Kier alpha value is -1.47. The molecule has 0 N–H and O–H groups in total. The van der Waals surface area contributed by atoms with Crippen LogP contribution in [-0.2, 0) is 13.6 Å². The topological polar surface area (TPSA) is 52.7 Å². The zero-order valence-corrected chi connectivity index (χ0v) is 11.9. The quantitative estimate of drug-likeness (QED) is 0.724. The summed E-state index contributed by atoms with van der Waals surface area (Å²) in [7, 11) is 1.77. The highest BCUT2D eigenvalue weighted by atomic mass is 79.9. The highest BCUT2D eigenvalue weighted by molar-refractivity contribution is 9.11. The van der Waals surface area contributed by atoms with Crippen LogP contribution in [0, 0.1) is 0 Å². The molecule has 0 aromatic carbocycles. The number of aromatic nitrogens is 4. The van der Waals surface area contributed by atoms with Gasteiger partial charge < -0.3 is 0 Å². The molecule has 3 aromatic rings. The maximum atomic E-state index is 12.2. The van der Waals surface area contributed by atoms with E-state index in [4.69, 9.17) is 0 Å². The molecule has 7 heteroatoms. The van der Waals surface area contributed by atoms with Gasteiger partial charge >= 0.3 is 0 Å². The summed E-state index contributed by atoms with van der Waals surface area (Å²) in [5.74, 6) is 0. The average Bonchev–Trinajstić information content (AvgIpc) is 2.91. The molecule has 0 aliphatic carbocycles. The van der Waals surface area contributed by atoms with Crippen LogP contribution < -0.4 is 5.56 Å². The lowest BCUT2D eigenvalue weighted by molar-refractivity contribution is 0.745. The minimum atomic E-state index is -0.0578. The summed E-state index contributed by atoms with van der Waals surface area (Å²) in [6.07, 6.45) is 3.13. The molecule has 0 amide bonds. The zero-order chi connectivity index (χ0) is 12.7. The van der Waals surface area contributed by atoms with E-state index in [1.807, 2.05) is 12.1 Å². The lowest BCUT2D eigenvalue weighted by atomic mass is 10.4. The van der Waals surface area contributed by atoms with Gasteiger partial charge in [0.2, 0.25) is 0 Å². The fourth-order valence-electron chi connectivity index (χ4n) is 1.78. The molecule has 0 radical (unpaired) electrons. The first-order valence-electron chi connectivity index (χ1n) is 5.26. The van der Waals surface area contributed by atoms with Gasteiger partial charge in [0, 0.05) is 11.9 Å². The van der Waals surface area contributed by atoms with Crippen LogP contribution in [0.25, 0.3) is 11.0 Å². The van der Waals surface area contributed by atoms with Crippen molar-refractivity contribution in [3.05, 3.63) is 43.7 Å². The average molecular weight is 325 g/mol. The molecule has 0 atom stereocenters. The molecule has 3 heterocycles. The molecule has 0 saturated carbocycles. The second-order valence-corrected chi connectivity index (χ2v) is 6.44. The minimum absolute atomic E-state index is 0.0578. The predicted molar refractivity (Wildman–Crippen MR) is 73.9 cm³/mol. The standard InChI is InChI=1S/C11H9BrN4OS/c1-15-10-8(4-14-15)11(17)16(6-13-10)5-7-2-3-9(12)18-7/h2-4,6H,5H2,1H3. The van der Waals surface area contributed by atoms with E-state index in [1.54, 1.807) is 40.2 Å². The Morgan fingerprint density at radius 2 is 2.28 bits per heavy atom. The monoisotopic (exact) mass is 324 g/mol. The van der Waals surface area contributed by atoms with Crippen molar-refractivity contribution in [1.29, 1.82) is 0 Å². The fourth-order valence-corrected chi connectivity index (χ4v) is 3.27. The van der Waals surface area contributed by atoms with Crippen molar-refractivity contribution >= 4 is 38.3 Å². The van der Waals surface area contributed by atoms with Crippen molar-refractivity contribution in [1.82, 2.24) is 19.3 Å². The summed E-state index contributed by atoms with van der Waals surface area (Å²) in [5, 5.41) is 4.60. The zero-order valence-electron chi connectivity index (χ0n) is 9.50. The van der Waals surface area contributed by atoms with Crippen LogP contribution in [-0.4, -0.2) is 19.3 Å². The molecule has 0 saturated heterocycles. The Morgan fingerprint density at radius 1 is 1.44 bits per heavy atom. The number of aryl methyl sites for hydroxylation is 1. The first-order valence-corrected chi connectivity index (χ1v) is 6.87. The number of hydrogen-bond donors (Lipinski definition) is 0. The van der Waals surface area contributed by atoms with Crippen molar-refractivity contribution in [2.45, 2.75) is 6.54 Å². The van der Waals surface area contributed by atoms with Gasteiger partial charge in [-0.3, -0.25) is 14.0 Å². The van der Waals surface area contributed by atoms with E-state index in [0.717, 1.165) is 8.66 Å². The summed E-state index contributed by atoms with van der Waals surface area (Å²) in [5.41, 5.74) is 0.557. The second-order valence-electron chi connectivity index (χ2n) is 3.89. The molecule has 3 aromatic heterocycles. The normalized spacial score (nSPS) is 11.2. The lowest BCUT2D eigenvalue weighted by Crippen LogP contribution is -2.20. The van der Waals surface area contributed by atoms with E-state index in [1.165, 1.54) is 0 Å². The Kier molecular flexibility index (Phi) is 2.79. The third-order valence-electron chi connectivity index (χ3n) is 2.67. The number of fused-ring (bicyclic) bond motifs is 1. The van der Waals surface area contributed by atoms with Crippen LogP contribution in [0.3, 0.4) is 0 Å². The summed E-state index contributed by atoms with van der Waals surface area (Å²) in [6, 6.07) is 3.97. The molecular weight excluding hydrogens is 316 g/mol. The molecule has 5 nitrogen and oxygen atoms in total. The Bertz CT molecular complexity index is 773. The van der Waals surface area contributed by atoms with Crippen molar-refractivity contribution < 1.29 is 0 Å². The number of rotatable bonds is 2. The summed E-state index contributed by atoms with van der Waals surface area (Å²) >= 11 is 5.02. The van der Waals surface area contributed by atoms with E-state index >= 15 is 0 Å². The number of halogens is 1. The summed E-state index contributed by atoms with van der Waals surface area (Å²) in [6.45, 7) is 0.535. The van der Waals surface area contributed by atoms with Crippen molar-refractivity contribution in [3.8, 4) is 0 Å². The molecule has 0 fully saturated rings. The summed E-state index contributed by atoms with van der Waals surface area (Å²) in [4.78, 5) is 17.6. The van der Waals surface area contributed by atoms with Gasteiger partial charge in [0.05, 0.1) is 16.5 Å². The highest BCUT2D eigenvalue weighted by Gasteiger charge is 2.08. The number of thiophene rings is 1. The summed E-state index contributed by atoms with van der Waals surface area (Å²) < 4.78 is 4.26. The van der Waals surface area contributed by atoms with Gasteiger partial charge in [0.1, 0.15) is 11.7 Å². The molecule has 0 aliphatic heterocycles. The Labute approximate surface area is 115 Å². The first-order chi connectivity index (χ1) is 8.65. The SMILES string of the molecule is Cn1ncc2c(=O)n(Cc3ccc(Br)s3)cnc21. The van der Waals surface area contributed by atoms with Gasteiger partial charge in [-0.15, -0.1) is 11.3 Å². The number of hydrogen-bond acceptors (Lipinski definition) is 4. The largest absolute Gasteiger partial charge is 0.293 e. The minimum Gasteiger partial charge on any atom is -0.293 e. The predicted octanol–water partition coefficient (Wildman–Crippen LogP) is 2.00. The third-order valence-corrected chi connectivity index (χ3v) is 4.28. The van der Waals surface area contributed by atoms with Gasteiger partial charge in [-0.25, -0.2) is 4.98 Å². The van der Waals surface area contributed by atoms with Crippen molar-refractivity contribution in [3.63, 3.8) is 0 Å². The van der Waals surface area contributed by atoms with Crippen LogP contribution >= 0.6 is 27.3 Å². The van der Waals surface area contributed by atoms with E-state index in [-0.39, 0.29) is 5.56 Å². The fraction of sp³-hybridized carbons (Fsp3) is 0.182. The molecule has 0 unspecified atom stereocenters. The van der Waals surface area contributed by atoms with Crippen LogP contribution in [0.2, 0.25) is 0 Å². The van der Waals surface area contributed by atoms with Crippen LogP contribution in [0.15, 0.2) is 33.2 Å². The molecular formula is C11H9BrN4OS.